The van der Waals surface area contributed by atoms with Crippen LogP contribution < -0.4 is 9.80 Å². The van der Waals surface area contributed by atoms with Gasteiger partial charge < -0.3 is 18.2 Å². The van der Waals surface area contributed by atoms with E-state index in [1.807, 2.05) is 60.9 Å². The lowest BCUT2D eigenvalue weighted by Gasteiger charge is -2.23. The zero-order valence-corrected chi connectivity index (χ0v) is 28.3. The smallest absolute Gasteiger partial charge is 0.156 e. The molecule has 9 heteroatoms. The van der Waals surface area contributed by atoms with Gasteiger partial charge in [0.05, 0.1) is 33.6 Å². The van der Waals surface area contributed by atoms with E-state index < -0.39 is 0 Å². The van der Waals surface area contributed by atoms with Gasteiger partial charge in [-0.05, 0) is 71.4 Å². The molecule has 0 aliphatic heterocycles. The van der Waals surface area contributed by atoms with E-state index in [0.29, 0.717) is 11.2 Å². The van der Waals surface area contributed by atoms with Gasteiger partial charge in [0.2, 0.25) is 0 Å². The molecule has 0 bridgehead atoms. The van der Waals surface area contributed by atoms with Crippen LogP contribution in [0.3, 0.4) is 0 Å². The summed E-state index contributed by atoms with van der Waals surface area (Å²) in [5.41, 5.74) is 8.35. The topological polar surface area (TPSA) is 71.7 Å². The molecule has 0 aliphatic rings. The summed E-state index contributed by atoms with van der Waals surface area (Å²) in [4.78, 5) is 14.2. The summed E-state index contributed by atoms with van der Waals surface area (Å²) in [6.07, 6.45) is 3.75. The number of para-hydroxylation sites is 2. The third-order valence-corrected chi connectivity index (χ3v) is 11.1. The monoisotopic (exact) mass is 696 g/mol. The molecule has 0 N–H and O–H groups in total. The highest BCUT2D eigenvalue weighted by Crippen LogP contribution is 2.43. The molecule has 11 aromatic rings. The van der Waals surface area contributed by atoms with Gasteiger partial charge in [0, 0.05) is 52.0 Å². The molecular weight excluding hydrogens is 673 g/mol. The number of pyridine rings is 2. The molecule has 0 fully saturated rings. The summed E-state index contributed by atoms with van der Waals surface area (Å²) >= 11 is 3.31. The van der Waals surface area contributed by atoms with Crippen LogP contribution in [0.1, 0.15) is 0 Å². The minimum atomic E-state index is 0.680. The minimum absolute atomic E-state index is 0.680. The molecule has 7 nitrogen and oxygen atoms in total. The Balaban J connectivity index is 1.02. The van der Waals surface area contributed by atoms with Crippen molar-refractivity contribution in [2.45, 2.75) is 0 Å². The van der Waals surface area contributed by atoms with Crippen molar-refractivity contribution in [2.24, 2.45) is 0 Å². The quantitative estimate of drug-likeness (QED) is 0.171. The summed E-state index contributed by atoms with van der Waals surface area (Å²) in [5.74, 6) is 0.735. The highest BCUT2D eigenvalue weighted by Gasteiger charge is 2.22. The average Bonchev–Trinajstić information content (AvgIpc) is 4.01. The fraction of sp³-hybridized carbons (Fsp3) is 0. The van der Waals surface area contributed by atoms with Crippen LogP contribution in [0.25, 0.3) is 65.9 Å². The van der Waals surface area contributed by atoms with Crippen LogP contribution in [-0.4, -0.2) is 9.97 Å². The van der Waals surface area contributed by atoms with Gasteiger partial charge in [-0.15, -0.1) is 22.7 Å². The predicted octanol–water partition coefficient (Wildman–Crippen LogP) is 13.2. The van der Waals surface area contributed by atoms with Crippen molar-refractivity contribution in [2.75, 3.05) is 9.80 Å². The number of thiophene rings is 2. The number of fused-ring (bicyclic) bond motifs is 9. The van der Waals surface area contributed by atoms with Gasteiger partial charge in [-0.25, -0.2) is 9.97 Å². The highest BCUT2D eigenvalue weighted by molar-refractivity contribution is 7.14. The van der Waals surface area contributed by atoms with E-state index in [4.69, 9.17) is 23.2 Å². The second-order valence-corrected chi connectivity index (χ2v) is 14.2. The van der Waals surface area contributed by atoms with E-state index in [1.165, 1.54) is 0 Å². The number of anilines is 6. The Bertz CT molecular complexity index is 2860. The van der Waals surface area contributed by atoms with Gasteiger partial charge in [-0.1, -0.05) is 36.4 Å². The number of aromatic nitrogens is 2. The maximum Gasteiger partial charge on any atom is 0.156 e. The fourth-order valence-electron chi connectivity index (χ4n) is 7.04. The van der Waals surface area contributed by atoms with Crippen LogP contribution in [0, 0.1) is 0 Å². The second-order valence-electron chi connectivity index (χ2n) is 12.3. The molecule has 0 saturated heterocycles. The average molecular weight is 697 g/mol. The predicted molar refractivity (Wildman–Crippen MR) is 209 cm³/mol. The number of furan rings is 3. The van der Waals surface area contributed by atoms with Crippen molar-refractivity contribution in [1.29, 1.82) is 0 Å². The van der Waals surface area contributed by atoms with E-state index >= 15 is 0 Å². The van der Waals surface area contributed by atoms with Gasteiger partial charge in [0.1, 0.15) is 44.3 Å². The zero-order chi connectivity index (χ0) is 33.5. The molecule has 0 atom stereocenters. The first-order valence-corrected chi connectivity index (χ1v) is 18.2. The maximum atomic E-state index is 6.57. The van der Waals surface area contributed by atoms with Crippen molar-refractivity contribution in [3.05, 3.63) is 144 Å². The lowest BCUT2D eigenvalue weighted by molar-refractivity contribution is 0.668. The Kier molecular flexibility index (Phi) is 6.16. The van der Waals surface area contributed by atoms with Gasteiger partial charge in [-0.3, -0.25) is 4.90 Å². The van der Waals surface area contributed by atoms with E-state index in [2.05, 4.69) is 93.4 Å². The minimum Gasteiger partial charge on any atom is -0.456 e. The van der Waals surface area contributed by atoms with Crippen LogP contribution in [0.15, 0.2) is 158 Å². The third kappa shape index (κ3) is 4.49. The molecule has 4 aromatic carbocycles. The summed E-state index contributed by atoms with van der Waals surface area (Å²) in [5, 5.41) is 11.5. The molecule has 7 aromatic heterocycles. The Labute approximate surface area is 297 Å². The normalized spacial score (nSPS) is 11.9. The van der Waals surface area contributed by atoms with Crippen molar-refractivity contribution < 1.29 is 13.3 Å². The molecular formula is C42H24N4O3S2. The highest BCUT2D eigenvalue weighted by atomic mass is 32.1. The first-order chi connectivity index (χ1) is 25.2. The second kappa shape index (κ2) is 11.0. The number of hydrogen-bond donors (Lipinski definition) is 0. The van der Waals surface area contributed by atoms with Crippen LogP contribution in [-0.2, 0) is 0 Å². The lowest BCUT2D eigenvalue weighted by Crippen LogP contribution is -2.09. The molecule has 0 radical (unpaired) electrons. The van der Waals surface area contributed by atoms with E-state index in [1.54, 1.807) is 22.7 Å². The van der Waals surface area contributed by atoms with Crippen LogP contribution in [0.5, 0.6) is 0 Å². The largest absolute Gasteiger partial charge is 0.456 e. The summed E-state index contributed by atoms with van der Waals surface area (Å²) in [6, 6.07) is 41.3. The van der Waals surface area contributed by atoms with Gasteiger partial charge in [0.25, 0.3) is 0 Å². The molecule has 0 saturated carbocycles. The first kappa shape index (κ1) is 28.4. The number of benzene rings is 4. The van der Waals surface area contributed by atoms with Crippen molar-refractivity contribution >= 4 is 122 Å². The summed E-state index contributed by atoms with van der Waals surface area (Å²) in [7, 11) is 0. The Hall–Kier alpha value is -6.42. The first-order valence-electron chi connectivity index (χ1n) is 16.4. The fourth-order valence-corrected chi connectivity index (χ4v) is 8.57. The molecule has 0 amide bonds. The molecule has 11 rings (SSSR count). The van der Waals surface area contributed by atoms with Crippen molar-refractivity contribution in [1.82, 2.24) is 9.97 Å². The SMILES string of the molecule is c1csc(N(c2ccc3c(c2)oc2ccccc23)c2cnc3c(c2)oc2cc(N(c4ccc5c(c4)oc4ccccc45)c4cccs4)ncc23)c1. The molecule has 51 heavy (non-hydrogen) atoms. The van der Waals surface area contributed by atoms with Crippen LogP contribution >= 0.6 is 22.7 Å². The van der Waals surface area contributed by atoms with Gasteiger partial charge >= 0.3 is 0 Å². The van der Waals surface area contributed by atoms with Crippen LogP contribution in [0.2, 0.25) is 0 Å². The summed E-state index contributed by atoms with van der Waals surface area (Å²) < 4.78 is 19.1. The zero-order valence-electron chi connectivity index (χ0n) is 26.7. The van der Waals surface area contributed by atoms with E-state index in [9.17, 15) is 0 Å². The molecule has 0 spiro atoms. The third-order valence-electron chi connectivity index (χ3n) is 9.35. The van der Waals surface area contributed by atoms with Crippen molar-refractivity contribution in [3.63, 3.8) is 0 Å². The lowest BCUT2D eigenvalue weighted by atomic mass is 10.1. The molecule has 7 heterocycles. The Morgan fingerprint density at radius 1 is 0.412 bits per heavy atom. The number of hydrogen-bond acceptors (Lipinski definition) is 9. The van der Waals surface area contributed by atoms with Gasteiger partial charge in [0.15, 0.2) is 5.58 Å². The standard InChI is InChI=1S/C42H24N4O3S2/c1-3-9-33-28(7-1)30-15-13-25(19-35(30)47-33)45(40-11-5-17-50-40)27-21-38-42(44-23-27)32-24-43-39(22-37(32)49-38)46(41-12-6-18-51-41)26-14-16-31-29-8-2-4-10-34(29)48-36(31)20-26/h1-24H. The molecule has 242 valence electrons. The number of nitrogens with zero attached hydrogens (tertiary/aromatic N) is 4. The van der Waals surface area contributed by atoms with Gasteiger partial charge in [-0.2, -0.15) is 0 Å². The van der Waals surface area contributed by atoms with E-state index in [0.717, 1.165) is 87.7 Å². The Morgan fingerprint density at radius 3 is 1.61 bits per heavy atom. The van der Waals surface area contributed by atoms with Crippen LogP contribution in [0.4, 0.5) is 32.9 Å². The number of rotatable bonds is 6. The summed E-state index contributed by atoms with van der Waals surface area (Å²) in [6.45, 7) is 0. The molecule has 0 aliphatic carbocycles. The van der Waals surface area contributed by atoms with E-state index in [-0.39, 0.29) is 0 Å². The molecule has 0 unspecified atom stereocenters. The Morgan fingerprint density at radius 2 is 0.961 bits per heavy atom. The maximum absolute atomic E-state index is 6.57. The van der Waals surface area contributed by atoms with Crippen molar-refractivity contribution in [3.8, 4) is 0 Å².